The number of benzene rings is 1. The summed E-state index contributed by atoms with van der Waals surface area (Å²) in [6.07, 6.45) is 0. The van der Waals surface area contributed by atoms with Gasteiger partial charge in [0, 0.05) is 34.6 Å². The summed E-state index contributed by atoms with van der Waals surface area (Å²) in [5.74, 6) is -0.165. The van der Waals surface area contributed by atoms with Gasteiger partial charge in [0.05, 0.1) is 0 Å². The molecule has 0 saturated carbocycles. The summed E-state index contributed by atoms with van der Waals surface area (Å²) in [5.41, 5.74) is 3.52. The maximum absolute atomic E-state index is 13.4. The Kier molecular flexibility index (Phi) is 2.11. The van der Waals surface area contributed by atoms with Gasteiger partial charge in [-0.15, -0.1) is 0 Å². The van der Waals surface area contributed by atoms with Gasteiger partial charge in [-0.3, -0.25) is 0 Å². The first-order valence-electron chi connectivity index (χ1n) is 6.04. The zero-order valence-corrected chi connectivity index (χ0v) is 10.4. The molecule has 0 saturated heterocycles. The van der Waals surface area contributed by atoms with Gasteiger partial charge in [0.25, 0.3) is 0 Å². The van der Waals surface area contributed by atoms with Gasteiger partial charge in [-0.2, -0.15) is 0 Å². The molecule has 2 nitrogen and oxygen atoms in total. The van der Waals surface area contributed by atoms with Crippen LogP contribution in [0.2, 0.25) is 0 Å². The molecule has 0 fully saturated rings. The SMILES string of the molecule is C[C@@H]1NCC(C)(C)c2c1[nH]c1ccc(F)cc21. The van der Waals surface area contributed by atoms with E-state index in [9.17, 15) is 4.39 Å². The zero-order chi connectivity index (χ0) is 12.2. The molecule has 1 aromatic heterocycles. The van der Waals surface area contributed by atoms with E-state index < -0.39 is 0 Å². The van der Waals surface area contributed by atoms with E-state index in [0.29, 0.717) is 6.04 Å². The second-order valence-corrected chi connectivity index (χ2v) is 5.59. The Balaban J connectivity index is 2.38. The second kappa shape index (κ2) is 3.33. The smallest absolute Gasteiger partial charge is 0.123 e. The Morgan fingerprint density at radius 2 is 2.12 bits per heavy atom. The number of nitrogens with one attached hydrogen (secondary N) is 2. The minimum absolute atomic E-state index is 0.0356. The molecule has 17 heavy (non-hydrogen) atoms. The van der Waals surface area contributed by atoms with E-state index in [-0.39, 0.29) is 11.2 Å². The molecule has 0 bridgehead atoms. The zero-order valence-electron chi connectivity index (χ0n) is 10.4. The van der Waals surface area contributed by atoms with Gasteiger partial charge in [0.15, 0.2) is 0 Å². The van der Waals surface area contributed by atoms with Gasteiger partial charge >= 0.3 is 0 Å². The molecule has 1 atom stereocenters. The number of hydrogen-bond donors (Lipinski definition) is 2. The number of fused-ring (bicyclic) bond motifs is 3. The van der Waals surface area contributed by atoms with E-state index in [1.807, 2.05) is 6.07 Å². The number of aromatic nitrogens is 1. The van der Waals surface area contributed by atoms with Crippen molar-refractivity contribution in [1.29, 1.82) is 0 Å². The van der Waals surface area contributed by atoms with Crippen LogP contribution in [0.15, 0.2) is 18.2 Å². The summed E-state index contributed by atoms with van der Waals surface area (Å²) in [4.78, 5) is 3.42. The summed E-state index contributed by atoms with van der Waals surface area (Å²) in [5, 5.41) is 4.51. The van der Waals surface area contributed by atoms with Crippen molar-refractivity contribution in [3.05, 3.63) is 35.3 Å². The second-order valence-electron chi connectivity index (χ2n) is 5.59. The Morgan fingerprint density at radius 3 is 2.88 bits per heavy atom. The van der Waals surface area contributed by atoms with Gasteiger partial charge in [-0.25, -0.2) is 4.39 Å². The van der Waals surface area contributed by atoms with Crippen molar-refractivity contribution in [2.45, 2.75) is 32.2 Å². The third-order valence-corrected chi connectivity index (χ3v) is 3.75. The van der Waals surface area contributed by atoms with Gasteiger partial charge in [-0.05, 0) is 30.7 Å². The van der Waals surface area contributed by atoms with Crippen LogP contribution in [0, 0.1) is 5.82 Å². The molecule has 2 heterocycles. The van der Waals surface area contributed by atoms with Crippen molar-refractivity contribution < 1.29 is 4.39 Å². The molecule has 0 spiro atoms. The number of hydrogen-bond acceptors (Lipinski definition) is 1. The fourth-order valence-corrected chi connectivity index (χ4v) is 2.84. The number of rotatable bonds is 0. The van der Waals surface area contributed by atoms with Crippen LogP contribution < -0.4 is 5.32 Å². The normalized spacial score (nSPS) is 22.7. The highest BCUT2D eigenvalue weighted by atomic mass is 19.1. The molecule has 3 heteroatoms. The fourth-order valence-electron chi connectivity index (χ4n) is 2.84. The largest absolute Gasteiger partial charge is 0.357 e. The van der Waals surface area contributed by atoms with Gasteiger partial charge in [0.2, 0.25) is 0 Å². The molecule has 2 N–H and O–H groups in total. The maximum Gasteiger partial charge on any atom is 0.123 e. The molecule has 1 aromatic carbocycles. The summed E-state index contributed by atoms with van der Waals surface area (Å²) < 4.78 is 13.4. The minimum Gasteiger partial charge on any atom is -0.357 e. The molecular formula is C14H17FN2. The minimum atomic E-state index is -0.165. The Hall–Kier alpha value is -1.35. The lowest BCUT2D eigenvalue weighted by Crippen LogP contribution is -2.40. The third kappa shape index (κ3) is 1.49. The lowest BCUT2D eigenvalue weighted by Gasteiger charge is -2.34. The number of H-pyrrole nitrogens is 1. The molecule has 0 amide bonds. The van der Waals surface area contributed by atoms with E-state index in [1.165, 1.54) is 17.3 Å². The predicted octanol–water partition coefficient (Wildman–Crippen LogP) is 3.25. The van der Waals surface area contributed by atoms with Crippen LogP contribution in [-0.2, 0) is 5.41 Å². The number of aromatic amines is 1. The predicted molar refractivity (Wildman–Crippen MR) is 67.7 cm³/mol. The van der Waals surface area contributed by atoms with Gasteiger partial charge < -0.3 is 10.3 Å². The third-order valence-electron chi connectivity index (χ3n) is 3.75. The monoisotopic (exact) mass is 232 g/mol. The van der Waals surface area contributed by atoms with Crippen molar-refractivity contribution in [3.63, 3.8) is 0 Å². The van der Waals surface area contributed by atoms with E-state index in [0.717, 1.165) is 17.4 Å². The lowest BCUT2D eigenvalue weighted by atomic mass is 9.79. The van der Waals surface area contributed by atoms with Crippen LogP contribution >= 0.6 is 0 Å². The van der Waals surface area contributed by atoms with Gasteiger partial charge in [-0.1, -0.05) is 13.8 Å². The fraction of sp³-hybridized carbons (Fsp3) is 0.429. The van der Waals surface area contributed by atoms with Gasteiger partial charge in [0.1, 0.15) is 5.82 Å². The molecule has 0 aliphatic carbocycles. The van der Waals surface area contributed by atoms with Crippen LogP contribution in [0.25, 0.3) is 10.9 Å². The standard InChI is InChI=1S/C14H17FN2/c1-8-13-12(14(2,3)7-16-8)10-6-9(15)4-5-11(10)17-13/h4-6,8,16-17H,7H2,1-3H3/t8-/m0/s1. The first-order chi connectivity index (χ1) is 7.99. The first kappa shape index (κ1) is 10.8. The van der Waals surface area contributed by atoms with Crippen LogP contribution in [0.4, 0.5) is 4.39 Å². The Morgan fingerprint density at radius 1 is 1.35 bits per heavy atom. The van der Waals surface area contributed by atoms with Crippen LogP contribution in [0.5, 0.6) is 0 Å². The van der Waals surface area contributed by atoms with Crippen molar-refractivity contribution in [2.75, 3.05) is 6.54 Å². The molecule has 1 aliphatic heterocycles. The summed E-state index contributed by atoms with van der Waals surface area (Å²) in [6, 6.07) is 5.28. The van der Waals surface area contributed by atoms with Crippen LogP contribution in [0.3, 0.4) is 0 Å². The molecule has 0 unspecified atom stereocenters. The number of halogens is 1. The highest BCUT2D eigenvalue weighted by Gasteiger charge is 2.33. The van der Waals surface area contributed by atoms with Crippen molar-refractivity contribution in [2.24, 2.45) is 0 Å². The molecule has 0 radical (unpaired) electrons. The average Bonchev–Trinajstić information content (AvgIpc) is 2.64. The van der Waals surface area contributed by atoms with Crippen molar-refractivity contribution >= 4 is 10.9 Å². The summed E-state index contributed by atoms with van der Waals surface area (Å²) >= 11 is 0. The first-order valence-corrected chi connectivity index (χ1v) is 6.04. The molecular weight excluding hydrogens is 215 g/mol. The molecule has 3 rings (SSSR count). The highest BCUT2D eigenvalue weighted by Crippen LogP contribution is 2.39. The highest BCUT2D eigenvalue weighted by molar-refractivity contribution is 5.86. The Labute approximate surface area is 100 Å². The summed E-state index contributed by atoms with van der Waals surface area (Å²) in [6.45, 7) is 7.45. The van der Waals surface area contributed by atoms with Crippen LogP contribution in [0.1, 0.15) is 38.1 Å². The van der Waals surface area contributed by atoms with Crippen molar-refractivity contribution in [1.82, 2.24) is 10.3 Å². The van der Waals surface area contributed by atoms with Crippen LogP contribution in [-0.4, -0.2) is 11.5 Å². The van der Waals surface area contributed by atoms with E-state index in [1.54, 1.807) is 6.07 Å². The van der Waals surface area contributed by atoms with E-state index in [2.05, 4.69) is 31.1 Å². The topological polar surface area (TPSA) is 27.8 Å². The Bertz CT molecular complexity index is 583. The molecule has 2 aromatic rings. The average molecular weight is 232 g/mol. The van der Waals surface area contributed by atoms with Crippen molar-refractivity contribution in [3.8, 4) is 0 Å². The summed E-state index contributed by atoms with van der Waals surface area (Å²) in [7, 11) is 0. The lowest BCUT2D eigenvalue weighted by molar-refractivity contribution is 0.394. The van der Waals surface area contributed by atoms with E-state index in [4.69, 9.17) is 0 Å². The molecule has 1 aliphatic rings. The van der Waals surface area contributed by atoms with E-state index >= 15 is 0 Å². The quantitative estimate of drug-likeness (QED) is 0.717. The maximum atomic E-state index is 13.4. The molecule has 90 valence electrons.